The van der Waals surface area contributed by atoms with Gasteiger partial charge in [-0.3, -0.25) is 4.79 Å². The van der Waals surface area contributed by atoms with E-state index in [2.05, 4.69) is 28.8 Å². The van der Waals surface area contributed by atoms with Crippen LogP contribution in [0.5, 0.6) is 0 Å². The highest BCUT2D eigenvalue weighted by atomic mass is 32.2. The molecule has 0 spiro atoms. The minimum Gasteiger partial charge on any atom is -0.368 e. The number of nitrogens with zero attached hydrogens (tertiary/aromatic N) is 4. The normalized spacial score (nSPS) is 22.8. The van der Waals surface area contributed by atoms with E-state index in [-0.39, 0.29) is 17.8 Å². The van der Waals surface area contributed by atoms with Gasteiger partial charge < -0.3 is 16.4 Å². The van der Waals surface area contributed by atoms with E-state index < -0.39 is 0 Å². The van der Waals surface area contributed by atoms with E-state index in [0.717, 1.165) is 13.1 Å². The molecule has 0 bridgehead atoms. The number of hydrogen-bond acceptors (Lipinski definition) is 7. The molecular formula is C12H20N6OS. The maximum absolute atomic E-state index is 12.2. The second-order valence-corrected chi connectivity index (χ2v) is 6.31. The molecule has 2 rings (SSSR count). The summed E-state index contributed by atoms with van der Waals surface area (Å²) in [5.74, 6) is 1.65. The number of hydrogen-bond donors (Lipinski definition) is 2. The van der Waals surface area contributed by atoms with E-state index in [1.807, 2.05) is 4.90 Å². The lowest BCUT2D eigenvalue weighted by molar-refractivity contribution is -0.130. The summed E-state index contributed by atoms with van der Waals surface area (Å²) in [5, 5.41) is 0.390. The Balaban J connectivity index is 1.91. The van der Waals surface area contributed by atoms with Crippen LogP contribution in [0.15, 0.2) is 5.16 Å². The number of thioether (sulfide) groups is 1. The summed E-state index contributed by atoms with van der Waals surface area (Å²) in [5.41, 5.74) is 11.0. The zero-order chi connectivity index (χ0) is 14.7. The molecule has 2 unspecified atom stereocenters. The Morgan fingerprint density at radius 1 is 1.20 bits per heavy atom. The van der Waals surface area contributed by atoms with Crippen LogP contribution in [0.4, 0.5) is 11.9 Å². The first-order chi connectivity index (χ1) is 9.44. The number of rotatable bonds is 3. The molecule has 0 radical (unpaired) electrons. The Labute approximate surface area is 122 Å². The third kappa shape index (κ3) is 3.96. The van der Waals surface area contributed by atoms with Gasteiger partial charge >= 0.3 is 0 Å². The second-order valence-electron chi connectivity index (χ2n) is 5.37. The maximum Gasteiger partial charge on any atom is 0.233 e. The minimum atomic E-state index is 0.0765. The fraction of sp³-hybridized carbons (Fsp3) is 0.667. The minimum absolute atomic E-state index is 0.0765. The molecule has 110 valence electrons. The Kier molecular flexibility index (Phi) is 4.64. The Morgan fingerprint density at radius 3 is 2.30 bits per heavy atom. The number of anilines is 2. The monoisotopic (exact) mass is 296 g/mol. The standard InChI is InChI=1S/C12H20N6OS/c1-7-3-8(2)5-18(4-7)9(19)6-20-12-16-10(13)15-11(14)17-12/h7-8H,3-6H2,1-2H3,(H4,13,14,15,16,17). The van der Waals surface area contributed by atoms with Gasteiger partial charge in [-0.05, 0) is 18.3 Å². The van der Waals surface area contributed by atoms with Crippen molar-refractivity contribution in [3.05, 3.63) is 0 Å². The lowest BCUT2D eigenvalue weighted by atomic mass is 9.92. The summed E-state index contributed by atoms with van der Waals surface area (Å²) in [4.78, 5) is 25.7. The summed E-state index contributed by atoms with van der Waals surface area (Å²) in [6.07, 6.45) is 1.18. The van der Waals surface area contributed by atoms with Crippen molar-refractivity contribution < 1.29 is 4.79 Å². The van der Waals surface area contributed by atoms with Crippen LogP contribution in [0.25, 0.3) is 0 Å². The summed E-state index contributed by atoms with van der Waals surface area (Å²) in [6.45, 7) is 6.00. The fourth-order valence-corrected chi connectivity index (χ4v) is 3.29. The summed E-state index contributed by atoms with van der Waals surface area (Å²) in [7, 11) is 0. The molecule has 7 nitrogen and oxygen atoms in total. The van der Waals surface area contributed by atoms with Gasteiger partial charge in [0.1, 0.15) is 0 Å². The molecule has 4 N–H and O–H groups in total. The zero-order valence-electron chi connectivity index (χ0n) is 11.7. The van der Waals surface area contributed by atoms with Crippen molar-refractivity contribution in [3.8, 4) is 0 Å². The molecule has 1 aliphatic heterocycles. The summed E-state index contributed by atoms with van der Waals surface area (Å²) in [6, 6.07) is 0. The Morgan fingerprint density at radius 2 is 1.75 bits per heavy atom. The summed E-state index contributed by atoms with van der Waals surface area (Å²) >= 11 is 1.24. The van der Waals surface area contributed by atoms with Crippen molar-refractivity contribution in [3.63, 3.8) is 0 Å². The molecule has 1 aliphatic rings. The number of likely N-dealkylation sites (tertiary alicyclic amines) is 1. The molecule has 8 heteroatoms. The molecule has 1 aromatic rings. The molecule has 2 atom stereocenters. The van der Waals surface area contributed by atoms with E-state index >= 15 is 0 Å². The van der Waals surface area contributed by atoms with E-state index in [1.165, 1.54) is 18.2 Å². The van der Waals surface area contributed by atoms with Crippen LogP contribution < -0.4 is 11.5 Å². The molecule has 2 heterocycles. The topological polar surface area (TPSA) is 111 Å². The largest absolute Gasteiger partial charge is 0.368 e. The highest BCUT2D eigenvalue weighted by Gasteiger charge is 2.25. The highest BCUT2D eigenvalue weighted by Crippen LogP contribution is 2.22. The molecule has 20 heavy (non-hydrogen) atoms. The SMILES string of the molecule is CC1CC(C)CN(C(=O)CSc2nc(N)nc(N)n2)C1. The molecule has 1 fully saturated rings. The zero-order valence-corrected chi connectivity index (χ0v) is 12.6. The first-order valence-corrected chi connectivity index (χ1v) is 7.60. The lowest BCUT2D eigenvalue weighted by Gasteiger charge is -2.34. The predicted octanol–water partition coefficient (Wildman–Crippen LogP) is 0.633. The van der Waals surface area contributed by atoms with Crippen molar-refractivity contribution in [2.24, 2.45) is 11.8 Å². The number of nitrogen functional groups attached to an aromatic ring is 2. The van der Waals surface area contributed by atoms with Crippen LogP contribution in [0.2, 0.25) is 0 Å². The van der Waals surface area contributed by atoms with Gasteiger partial charge in [0.15, 0.2) is 5.16 Å². The van der Waals surface area contributed by atoms with Gasteiger partial charge in [-0.1, -0.05) is 25.6 Å². The molecule has 1 amide bonds. The first-order valence-electron chi connectivity index (χ1n) is 6.61. The van der Waals surface area contributed by atoms with E-state index in [4.69, 9.17) is 11.5 Å². The van der Waals surface area contributed by atoms with Crippen LogP contribution >= 0.6 is 11.8 Å². The van der Waals surface area contributed by atoms with Crippen molar-refractivity contribution in [1.29, 1.82) is 0 Å². The molecular weight excluding hydrogens is 276 g/mol. The number of nitrogens with two attached hydrogens (primary N) is 2. The number of carbonyl (C=O) groups excluding carboxylic acids is 1. The number of carbonyl (C=O) groups is 1. The molecule has 0 aromatic carbocycles. The third-order valence-electron chi connectivity index (χ3n) is 3.20. The average molecular weight is 296 g/mol. The molecule has 1 aromatic heterocycles. The molecule has 1 saturated heterocycles. The van der Waals surface area contributed by atoms with Gasteiger partial charge in [0, 0.05) is 13.1 Å². The van der Waals surface area contributed by atoms with E-state index in [9.17, 15) is 4.79 Å². The van der Waals surface area contributed by atoms with Crippen LogP contribution in [0.3, 0.4) is 0 Å². The second kappa shape index (κ2) is 6.25. The van der Waals surface area contributed by atoms with E-state index in [1.54, 1.807) is 0 Å². The third-order valence-corrected chi connectivity index (χ3v) is 4.03. The average Bonchev–Trinajstić information content (AvgIpc) is 2.33. The van der Waals surface area contributed by atoms with Crippen molar-refractivity contribution >= 4 is 29.6 Å². The number of amides is 1. The quantitative estimate of drug-likeness (QED) is 0.787. The van der Waals surface area contributed by atoms with Gasteiger partial charge in [0.25, 0.3) is 0 Å². The Hall–Kier alpha value is -1.57. The highest BCUT2D eigenvalue weighted by molar-refractivity contribution is 7.99. The van der Waals surface area contributed by atoms with Gasteiger partial charge in [-0.15, -0.1) is 0 Å². The number of piperidine rings is 1. The van der Waals surface area contributed by atoms with Crippen LogP contribution in [-0.4, -0.2) is 44.6 Å². The summed E-state index contributed by atoms with van der Waals surface area (Å²) < 4.78 is 0. The first kappa shape index (κ1) is 14.8. The number of aromatic nitrogens is 3. The van der Waals surface area contributed by atoms with Crippen molar-refractivity contribution in [1.82, 2.24) is 19.9 Å². The van der Waals surface area contributed by atoms with E-state index in [0.29, 0.717) is 22.7 Å². The smallest absolute Gasteiger partial charge is 0.233 e. The van der Waals surface area contributed by atoms with Crippen LogP contribution in [0.1, 0.15) is 20.3 Å². The molecule has 0 saturated carbocycles. The van der Waals surface area contributed by atoms with Gasteiger partial charge in [-0.2, -0.15) is 15.0 Å². The fourth-order valence-electron chi connectivity index (χ4n) is 2.54. The van der Waals surface area contributed by atoms with Gasteiger partial charge in [-0.25, -0.2) is 0 Å². The van der Waals surface area contributed by atoms with Crippen molar-refractivity contribution in [2.75, 3.05) is 30.3 Å². The van der Waals surface area contributed by atoms with Crippen LogP contribution in [-0.2, 0) is 4.79 Å². The van der Waals surface area contributed by atoms with Gasteiger partial charge in [0.05, 0.1) is 5.75 Å². The van der Waals surface area contributed by atoms with Gasteiger partial charge in [0.2, 0.25) is 17.8 Å². The lowest BCUT2D eigenvalue weighted by Crippen LogP contribution is -2.43. The predicted molar refractivity (Wildman–Crippen MR) is 78.9 cm³/mol. The maximum atomic E-state index is 12.2. The Bertz CT molecular complexity index is 467. The van der Waals surface area contributed by atoms with Crippen molar-refractivity contribution in [2.45, 2.75) is 25.4 Å². The van der Waals surface area contributed by atoms with Crippen LogP contribution in [0, 0.1) is 11.8 Å². The molecule has 0 aliphatic carbocycles.